The molecule has 0 aromatic heterocycles. The van der Waals surface area contributed by atoms with Crippen molar-refractivity contribution in [3.63, 3.8) is 0 Å². The Morgan fingerprint density at radius 1 is 1.29 bits per heavy atom. The Morgan fingerprint density at radius 3 is 2.88 bits per heavy atom. The molecule has 92 valence electrons. The summed E-state index contributed by atoms with van der Waals surface area (Å²) < 4.78 is 0. The summed E-state index contributed by atoms with van der Waals surface area (Å²) in [4.78, 5) is 0. The topological polar surface area (TPSA) is 12.0 Å². The molecule has 17 heavy (non-hydrogen) atoms. The van der Waals surface area contributed by atoms with Crippen LogP contribution in [0.25, 0.3) is 0 Å². The van der Waals surface area contributed by atoms with Crippen LogP contribution in [0.5, 0.6) is 0 Å². The van der Waals surface area contributed by atoms with E-state index in [1.807, 2.05) is 6.07 Å². The summed E-state index contributed by atoms with van der Waals surface area (Å²) in [6.07, 6.45) is 2.59. The van der Waals surface area contributed by atoms with Crippen molar-refractivity contribution in [2.45, 2.75) is 25.2 Å². The van der Waals surface area contributed by atoms with Crippen molar-refractivity contribution >= 4 is 23.2 Å². The monoisotopic (exact) mass is 269 g/mol. The number of rotatable bonds is 1. The minimum Gasteiger partial charge on any atom is -0.316 e. The zero-order valence-electron chi connectivity index (χ0n) is 9.97. The second kappa shape index (κ2) is 4.15. The number of nitrogens with one attached hydrogen (secondary N) is 1. The zero-order chi connectivity index (χ0) is 12.0. The highest BCUT2D eigenvalue weighted by Gasteiger charge is 2.49. The first kappa shape index (κ1) is 11.8. The lowest BCUT2D eigenvalue weighted by Crippen LogP contribution is -2.31. The Kier molecular flexibility index (Phi) is 2.89. The quantitative estimate of drug-likeness (QED) is 0.816. The minimum atomic E-state index is 0.299. The number of hydrogen-bond donors (Lipinski definition) is 1. The van der Waals surface area contributed by atoms with Crippen LogP contribution in [0.4, 0.5) is 0 Å². The van der Waals surface area contributed by atoms with Gasteiger partial charge in [-0.25, -0.2) is 0 Å². The molecule has 2 unspecified atom stereocenters. The predicted octanol–water partition coefficient (Wildman–Crippen LogP) is 3.88. The van der Waals surface area contributed by atoms with E-state index >= 15 is 0 Å². The molecule has 0 spiro atoms. The molecule has 2 fully saturated rings. The van der Waals surface area contributed by atoms with E-state index in [0.717, 1.165) is 24.9 Å². The molecule has 3 atom stereocenters. The van der Waals surface area contributed by atoms with Gasteiger partial charge in [0, 0.05) is 12.0 Å². The third kappa shape index (κ3) is 1.80. The molecule has 1 aromatic rings. The highest BCUT2D eigenvalue weighted by atomic mass is 35.5. The lowest BCUT2D eigenvalue weighted by Gasteiger charge is -2.29. The van der Waals surface area contributed by atoms with Crippen molar-refractivity contribution in [1.29, 1.82) is 0 Å². The Bertz CT molecular complexity index is 446. The van der Waals surface area contributed by atoms with Crippen molar-refractivity contribution in [2.75, 3.05) is 13.1 Å². The molecule has 1 heterocycles. The Morgan fingerprint density at radius 2 is 2.12 bits per heavy atom. The maximum Gasteiger partial charge on any atom is 0.0595 e. The van der Waals surface area contributed by atoms with Gasteiger partial charge in [-0.3, -0.25) is 0 Å². The molecule has 1 saturated carbocycles. The molecule has 1 N–H and O–H groups in total. The fourth-order valence-electron chi connectivity index (χ4n) is 3.81. The average Bonchev–Trinajstić information content (AvgIpc) is 2.78. The molecule has 1 aromatic carbocycles. The summed E-state index contributed by atoms with van der Waals surface area (Å²) in [5, 5.41) is 4.88. The second-order valence-corrected chi connectivity index (χ2v) is 6.47. The van der Waals surface area contributed by atoms with Crippen LogP contribution in [0.3, 0.4) is 0 Å². The van der Waals surface area contributed by atoms with Crippen molar-refractivity contribution < 1.29 is 0 Å². The van der Waals surface area contributed by atoms with E-state index in [1.54, 1.807) is 0 Å². The van der Waals surface area contributed by atoms with Crippen LogP contribution in [-0.2, 0) is 5.41 Å². The normalized spacial score (nSPS) is 36.2. The van der Waals surface area contributed by atoms with Crippen LogP contribution in [0.15, 0.2) is 18.2 Å². The lowest BCUT2D eigenvalue weighted by molar-refractivity contribution is 0.399. The van der Waals surface area contributed by atoms with E-state index in [2.05, 4.69) is 24.4 Å². The van der Waals surface area contributed by atoms with Crippen LogP contribution < -0.4 is 5.32 Å². The summed E-state index contributed by atoms with van der Waals surface area (Å²) in [5.41, 5.74) is 1.67. The maximum absolute atomic E-state index is 6.16. The second-order valence-electron chi connectivity index (χ2n) is 5.66. The molecule has 3 rings (SSSR count). The van der Waals surface area contributed by atoms with Gasteiger partial charge in [0.05, 0.1) is 10.0 Å². The molecule has 1 aliphatic heterocycles. The molecule has 2 aliphatic rings. The highest BCUT2D eigenvalue weighted by Crippen LogP contribution is 2.50. The first-order valence-corrected chi connectivity index (χ1v) is 7.04. The Hall–Kier alpha value is -0.240. The van der Waals surface area contributed by atoms with Crippen molar-refractivity contribution in [2.24, 2.45) is 11.8 Å². The van der Waals surface area contributed by atoms with E-state index in [1.165, 1.54) is 18.4 Å². The lowest BCUT2D eigenvalue weighted by atomic mass is 9.74. The summed E-state index contributed by atoms with van der Waals surface area (Å²) >= 11 is 12.2. The summed E-state index contributed by atoms with van der Waals surface area (Å²) in [5.74, 6) is 1.58. The van der Waals surface area contributed by atoms with Gasteiger partial charge in [0.25, 0.3) is 0 Å². The van der Waals surface area contributed by atoms with Gasteiger partial charge in [0.1, 0.15) is 0 Å². The SMILES string of the molecule is CC1CC2CNC[C@]2(c2ccc(Cl)c(Cl)c2)C1. The zero-order valence-corrected chi connectivity index (χ0v) is 11.5. The van der Waals surface area contributed by atoms with Crippen LogP contribution >= 0.6 is 23.2 Å². The van der Waals surface area contributed by atoms with Gasteiger partial charge in [0.2, 0.25) is 0 Å². The van der Waals surface area contributed by atoms with Crippen molar-refractivity contribution in [1.82, 2.24) is 5.32 Å². The van der Waals surface area contributed by atoms with E-state index in [9.17, 15) is 0 Å². The number of halogens is 2. The van der Waals surface area contributed by atoms with Gasteiger partial charge in [0.15, 0.2) is 0 Å². The largest absolute Gasteiger partial charge is 0.316 e. The number of hydrogen-bond acceptors (Lipinski definition) is 1. The van der Waals surface area contributed by atoms with Crippen LogP contribution in [0.1, 0.15) is 25.3 Å². The third-order valence-corrected chi connectivity index (χ3v) is 5.25. The molecule has 1 nitrogen and oxygen atoms in total. The molecule has 1 saturated heterocycles. The van der Waals surface area contributed by atoms with Gasteiger partial charge >= 0.3 is 0 Å². The van der Waals surface area contributed by atoms with E-state index in [0.29, 0.717) is 15.5 Å². The summed E-state index contributed by atoms with van der Waals surface area (Å²) in [7, 11) is 0. The van der Waals surface area contributed by atoms with Crippen LogP contribution in [-0.4, -0.2) is 13.1 Å². The van der Waals surface area contributed by atoms with E-state index in [4.69, 9.17) is 23.2 Å². The fourth-order valence-corrected chi connectivity index (χ4v) is 4.11. The molecule has 0 radical (unpaired) electrons. The van der Waals surface area contributed by atoms with Gasteiger partial charge in [-0.05, 0) is 48.9 Å². The van der Waals surface area contributed by atoms with Crippen LogP contribution in [0.2, 0.25) is 10.0 Å². The van der Waals surface area contributed by atoms with Gasteiger partial charge in [-0.2, -0.15) is 0 Å². The average molecular weight is 270 g/mol. The maximum atomic E-state index is 6.16. The van der Waals surface area contributed by atoms with Gasteiger partial charge in [-0.15, -0.1) is 0 Å². The third-order valence-electron chi connectivity index (χ3n) is 4.51. The first-order chi connectivity index (χ1) is 8.12. The Labute approximate surface area is 112 Å². The van der Waals surface area contributed by atoms with Gasteiger partial charge < -0.3 is 5.32 Å². The summed E-state index contributed by atoms with van der Waals surface area (Å²) in [6, 6.07) is 6.17. The number of benzene rings is 1. The highest BCUT2D eigenvalue weighted by molar-refractivity contribution is 6.42. The molecular weight excluding hydrogens is 253 g/mol. The Balaban J connectivity index is 2.04. The molecular formula is C14H17Cl2N. The van der Waals surface area contributed by atoms with Crippen molar-refractivity contribution in [3.05, 3.63) is 33.8 Å². The molecule has 1 aliphatic carbocycles. The fraction of sp³-hybridized carbons (Fsp3) is 0.571. The minimum absolute atomic E-state index is 0.299. The summed E-state index contributed by atoms with van der Waals surface area (Å²) in [6.45, 7) is 4.59. The molecule has 3 heteroatoms. The van der Waals surface area contributed by atoms with Crippen molar-refractivity contribution in [3.8, 4) is 0 Å². The first-order valence-electron chi connectivity index (χ1n) is 6.28. The molecule has 0 amide bonds. The van der Waals surface area contributed by atoms with E-state index < -0.39 is 0 Å². The van der Waals surface area contributed by atoms with Gasteiger partial charge in [-0.1, -0.05) is 36.2 Å². The standard InChI is InChI=1S/C14H17Cl2N/c1-9-4-11-7-17-8-14(11,6-9)10-2-3-12(15)13(16)5-10/h2-3,5,9,11,17H,4,6-8H2,1H3/t9?,11?,14-/m0/s1. The number of fused-ring (bicyclic) bond motifs is 1. The smallest absolute Gasteiger partial charge is 0.0595 e. The predicted molar refractivity (Wildman–Crippen MR) is 72.9 cm³/mol. The van der Waals surface area contributed by atoms with E-state index in [-0.39, 0.29) is 0 Å². The van der Waals surface area contributed by atoms with Crippen LogP contribution in [0, 0.1) is 11.8 Å². The molecule has 0 bridgehead atoms.